The molecule has 2 aromatic rings. The second-order valence-corrected chi connectivity index (χ2v) is 6.67. The Labute approximate surface area is 147 Å². The van der Waals surface area contributed by atoms with Gasteiger partial charge >= 0.3 is 0 Å². The minimum atomic E-state index is -0.0824. The highest BCUT2D eigenvalue weighted by molar-refractivity contribution is 5.78. The molecule has 0 aromatic carbocycles. The van der Waals surface area contributed by atoms with Gasteiger partial charge in [0.15, 0.2) is 6.61 Å². The number of aromatic nitrogens is 3. The molecular formula is C18H24N4O3. The average molecular weight is 344 g/mol. The van der Waals surface area contributed by atoms with E-state index in [0.29, 0.717) is 18.8 Å². The van der Waals surface area contributed by atoms with E-state index in [1.165, 1.54) is 0 Å². The van der Waals surface area contributed by atoms with Crippen molar-refractivity contribution in [2.45, 2.75) is 25.8 Å². The minimum absolute atomic E-state index is 0.0205. The van der Waals surface area contributed by atoms with Crippen molar-refractivity contribution in [3.05, 3.63) is 42.5 Å². The fourth-order valence-electron chi connectivity index (χ4n) is 3.13. The molecule has 1 saturated heterocycles. The molecule has 0 saturated carbocycles. The molecule has 0 radical (unpaired) electrons. The number of nitrogens with zero attached hydrogens (tertiary/aromatic N) is 4. The van der Waals surface area contributed by atoms with Gasteiger partial charge in [0.2, 0.25) is 0 Å². The third-order valence-electron chi connectivity index (χ3n) is 4.60. The molecule has 1 N–H and O–H groups in total. The van der Waals surface area contributed by atoms with E-state index in [4.69, 9.17) is 4.74 Å². The number of hydrogen-bond acceptors (Lipinski definition) is 5. The predicted molar refractivity (Wildman–Crippen MR) is 92.2 cm³/mol. The van der Waals surface area contributed by atoms with Gasteiger partial charge in [-0.25, -0.2) is 0 Å². The van der Waals surface area contributed by atoms with E-state index in [9.17, 15) is 9.90 Å². The number of carbonyl (C=O) groups is 1. The second-order valence-electron chi connectivity index (χ2n) is 6.67. The lowest BCUT2D eigenvalue weighted by molar-refractivity contribution is -0.132. The van der Waals surface area contributed by atoms with Gasteiger partial charge in [0, 0.05) is 50.0 Å². The highest BCUT2D eigenvalue weighted by atomic mass is 16.5. The Morgan fingerprint density at radius 3 is 2.88 bits per heavy atom. The van der Waals surface area contributed by atoms with Crippen molar-refractivity contribution in [3.8, 4) is 5.75 Å². The van der Waals surface area contributed by atoms with Gasteiger partial charge in [-0.1, -0.05) is 0 Å². The Morgan fingerprint density at radius 2 is 2.24 bits per heavy atom. The van der Waals surface area contributed by atoms with E-state index >= 15 is 0 Å². The number of pyridine rings is 1. The van der Waals surface area contributed by atoms with Crippen LogP contribution in [0.3, 0.4) is 0 Å². The van der Waals surface area contributed by atoms with Crippen LogP contribution in [-0.2, 0) is 4.79 Å². The molecular weight excluding hydrogens is 320 g/mol. The molecule has 0 bridgehead atoms. The molecule has 25 heavy (non-hydrogen) atoms. The van der Waals surface area contributed by atoms with Gasteiger partial charge < -0.3 is 14.7 Å². The zero-order valence-corrected chi connectivity index (χ0v) is 14.6. The van der Waals surface area contributed by atoms with Crippen molar-refractivity contribution in [2.24, 2.45) is 5.92 Å². The highest BCUT2D eigenvalue weighted by Crippen LogP contribution is 2.32. The van der Waals surface area contributed by atoms with Gasteiger partial charge in [0.25, 0.3) is 5.91 Å². The van der Waals surface area contributed by atoms with Gasteiger partial charge in [-0.3, -0.25) is 14.5 Å². The van der Waals surface area contributed by atoms with E-state index in [1.807, 2.05) is 17.1 Å². The summed E-state index contributed by atoms with van der Waals surface area (Å²) < 4.78 is 7.40. The number of likely N-dealkylation sites (tertiary alicyclic amines) is 1. The number of hydrogen-bond donors (Lipinski definition) is 1. The number of carbonyl (C=O) groups excluding carboxylic acids is 1. The Bertz CT molecular complexity index is 701. The molecule has 134 valence electrons. The molecule has 1 amide bonds. The van der Waals surface area contributed by atoms with Crippen molar-refractivity contribution in [2.75, 3.05) is 26.3 Å². The molecule has 2 atom stereocenters. The lowest BCUT2D eigenvalue weighted by Crippen LogP contribution is -2.33. The van der Waals surface area contributed by atoms with Gasteiger partial charge in [0.05, 0.1) is 12.4 Å². The first-order chi connectivity index (χ1) is 12.1. The van der Waals surface area contributed by atoms with Gasteiger partial charge in [0.1, 0.15) is 5.75 Å². The first-order valence-corrected chi connectivity index (χ1v) is 8.54. The van der Waals surface area contributed by atoms with Gasteiger partial charge in [-0.05, 0) is 31.5 Å². The summed E-state index contributed by atoms with van der Waals surface area (Å²) in [7, 11) is 0. The third kappa shape index (κ3) is 3.99. The van der Waals surface area contributed by atoms with E-state index in [-0.39, 0.29) is 37.0 Å². The van der Waals surface area contributed by atoms with Crippen LogP contribution in [0.5, 0.6) is 5.75 Å². The second kappa shape index (κ2) is 7.65. The summed E-state index contributed by atoms with van der Waals surface area (Å²) in [6.45, 7) is 5.27. The Morgan fingerprint density at radius 1 is 1.40 bits per heavy atom. The summed E-state index contributed by atoms with van der Waals surface area (Å²) in [5, 5.41) is 14.1. The monoisotopic (exact) mass is 344 g/mol. The quantitative estimate of drug-likeness (QED) is 0.858. The molecule has 0 spiro atoms. The zero-order chi connectivity index (χ0) is 17.8. The first kappa shape index (κ1) is 17.4. The van der Waals surface area contributed by atoms with Crippen molar-refractivity contribution < 1.29 is 14.6 Å². The molecule has 7 nitrogen and oxygen atoms in total. The maximum absolute atomic E-state index is 12.4. The normalized spacial score (nSPS) is 20.2. The van der Waals surface area contributed by atoms with Crippen LogP contribution in [0.15, 0.2) is 36.9 Å². The Balaban J connectivity index is 1.63. The van der Waals surface area contributed by atoms with Gasteiger partial charge in [-0.15, -0.1) is 0 Å². The maximum atomic E-state index is 12.4. The van der Waals surface area contributed by atoms with Crippen LogP contribution in [0, 0.1) is 5.92 Å². The summed E-state index contributed by atoms with van der Waals surface area (Å²) in [5.41, 5.74) is 1.07. The standard InChI is InChI=1S/C18H24N4O3/c1-13(2)22-9-14(6-20-22)17-10-21(8-15(17)11-23)18(24)12-25-16-4-3-5-19-7-16/h3-7,9,13,15,17,23H,8,10-12H2,1-2H3/t15-,17-/m0/s1. The summed E-state index contributed by atoms with van der Waals surface area (Å²) in [5.74, 6) is 0.608. The lowest BCUT2D eigenvalue weighted by atomic mass is 9.92. The Hall–Kier alpha value is -2.41. The van der Waals surface area contributed by atoms with Crippen LogP contribution in [-0.4, -0.2) is 57.0 Å². The number of aliphatic hydroxyl groups excluding tert-OH is 1. The molecule has 3 heterocycles. The van der Waals surface area contributed by atoms with Crippen LogP contribution in [0.1, 0.15) is 31.4 Å². The van der Waals surface area contributed by atoms with E-state index in [1.54, 1.807) is 29.4 Å². The van der Waals surface area contributed by atoms with Crippen molar-refractivity contribution in [1.29, 1.82) is 0 Å². The molecule has 2 aromatic heterocycles. The highest BCUT2D eigenvalue weighted by Gasteiger charge is 2.36. The molecule has 1 aliphatic rings. The fraction of sp³-hybridized carbons (Fsp3) is 0.500. The fourth-order valence-corrected chi connectivity index (χ4v) is 3.13. The lowest BCUT2D eigenvalue weighted by Gasteiger charge is -2.16. The van der Waals surface area contributed by atoms with Gasteiger partial charge in [-0.2, -0.15) is 5.10 Å². The van der Waals surface area contributed by atoms with Crippen molar-refractivity contribution in [3.63, 3.8) is 0 Å². The Kier molecular flexibility index (Phi) is 5.33. The van der Waals surface area contributed by atoms with Crippen LogP contribution in [0.25, 0.3) is 0 Å². The van der Waals surface area contributed by atoms with Crippen molar-refractivity contribution in [1.82, 2.24) is 19.7 Å². The summed E-state index contributed by atoms with van der Waals surface area (Å²) >= 11 is 0. The number of amides is 1. The smallest absolute Gasteiger partial charge is 0.260 e. The van der Waals surface area contributed by atoms with Crippen LogP contribution < -0.4 is 4.74 Å². The molecule has 7 heteroatoms. The van der Waals surface area contributed by atoms with Crippen LogP contribution >= 0.6 is 0 Å². The molecule has 0 unspecified atom stereocenters. The molecule has 1 fully saturated rings. The molecule has 0 aliphatic carbocycles. The predicted octanol–water partition coefficient (Wildman–Crippen LogP) is 1.47. The minimum Gasteiger partial charge on any atom is -0.482 e. The largest absolute Gasteiger partial charge is 0.482 e. The van der Waals surface area contributed by atoms with Crippen molar-refractivity contribution >= 4 is 5.91 Å². The SMILES string of the molecule is CC(C)n1cc([C@@H]2CN(C(=O)COc3cccnc3)C[C@H]2CO)cn1. The van der Waals surface area contributed by atoms with Crippen LogP contribution in [0.2, 0.25) is 0 Å². The number of aliphatic hydroxyl groups is 1. The van der Waals surface area contributed by atoms with E-state index < -0.39 is 0 Å². The average Bonchev–Trinajstić information content (AvgIpc) is 3.27. The number of ether oxygens (including phenoxy) is 1. The molecule has 3 rings (SSSR count). The van der Waals surface area contributed by atoms with E-state index in [0.717, 1.165) is 5.56 Å². The first-order valence-electron chi connectivity index (χ1n) is 8.54. The maximum Gasteiger partial charge on any atom is 0.260 e. The topological polar surface area (TPSA) is 80.5 Å². The summed E-state index contributed by atoms with van der Waals surface area (Å²) in [6.07, 6.45) is 7.09. The third-order valence-corrected chi connectivity index (χ3v) is 4.60. The van der Waals surface area contributed by atoms with E-state index in [2.05, 4.69) is 23.9 Å². The zero-order valence-electron chi connectivity index (χ0n) is 14.6. The molecule has 1 aliphatic heterocycles. The van der Waals surface area contributed by atoms with Crippen LogP contribution in [0.4, 0.5) is 0 Å². The summed E-state index contributed by atoms with van der Waals surface area (Å²) in [6, 6.07) is 3.82. The number of rotatable bonds is 6. The summed E-state index contributed by atoms with van der Waals surface area (Å²) in [4.78, 5) is 18.2.